The molecule has 2 aromatic rings. The maximum absolute atomic E-state index is 11.0. The molecule has 1 heterocycles. The van der Waals surface area contributed by atoms with Crippen molar-refractivity contribution in [3.8, 4) is 0 Å². The molecule has 1 N–H and O–H groups in total. The number of carboxylic acid groups (broad SMARTS) is 1. The van der Waals surface area contributed by atoms with E-state index in [1.165, 1.54) is 12.1 Å². The van der Waals surface area contributed by atoms with Gasteiger partial charge < -0.3 is 5.11 Å². The summed E-state index contributed by atoms with van der Waals surface area (Å²) >= 11 is 4.35. The predicted molar refractivity (Wildman–Crippen MR) is 76.1 cm³/mol. The van der Waals surface area contributed by atoms with Crippen molar-refractivity contribution >= 4 is 39.3 Å². The molecule has 0 saturated heterocycles. The van der Waals surface area contributed by atoms with E-state index in [1.54, 1.807) is 18.3 Å². The molecule has 0 aliphatic carbocycles. The molecular formula is C12H7BrN2O4S. The van der Waals surface area contributed by atoms with Gasteiger partial charge in [0.15, 0.2) is 0 Å². The third-order valence-corrected chi connectivity index (χ3v) is 3.80. The number of halogens is 1. The number of benzene rings is 1. The molecule has 0 unspecified atom stereocenters. The monoisotopic (exact) mass is 354 g/mol. The topological polar surface area (TPSA) is 93.3 Å². The van der Waals surface area contributed by atoms with Gasteiger partial charge in [-0.1, -0.05) is 11.8 Å². The van der Waals surface area contributed by atoms with Crippen LogP contribution in [-0.2, 0) is 0 Å². The number of aromatic carboxylic acids is 1. The second-order valence-corrected chi connectivity index (χ2v) is 5.64. The van der Waals surface area contributed by atoms with Gasteiger partial charge in [-0.2, -0.15) is 0 Å². The number of carbonyl (C=O) groups is 1. The van der Waals surface area contributed by atoms with Crippen molar-refractivity contribution in [1.29, 1.82) is 0 Å². The Hall–Kier alpha value is -1.93. The summed E-state index contributed by atoms with van der Waals surface area (Å²) in [5, 5.41) is 20.5. The number of hydrogen-bond acceptors (Lipinski definition) is 5. The van der Waals surface area contributed by atoms with Crippen LogP contribution in [0, 0.1) is 10.1 Å². The summed E-state index contributed by atoms with van der Waals surface area (Å²) in [7, 11) is 0. The van der Waals surface area contributed by atoms with E-state index in [1.807, 2.05) is 0 Å². The molecule has 0 amide bonds. The van der Waals surface area contributed by atoms with E-state index in [0.717, 1.165) is 22.3 Å². The van der Waals surface area contributed by atoms with Crippen molar-refractivity contribution in [3.63, 3.8) is 0 Å². The number of hydrogen-bond donors (Lipinski definition) is 1. The van der Waals surface area contributed by atoms with Crippen molar-refractivity contribution in [2.45, 2.75) is 9.92 Å². The number of nitro benzene ring substituents is 1. The van der Waals surface area contributed by atoms with Crippen LogP contribution in [0.1, 0.15) is 10.4 Å². The molecule has 1 aromatic carbocycles. The molecule has 102 valence electrons. The van der Waals surface area contributed by atoms with Crippen LogP contribution in [0.25, 0.3) is 0 Å². The lowest BCUT2D eigenvalue weighted by molar-refractivity contribution is -0.387. The highest BCUT2D eigenvalue weighted by Crippen LogP contribution is 2.34. The summed E-state index contributed by atoms with van der Waals surface area (Å²) < 4.78 is 0.803. The zero-order valence-corrected chi connectivity index (χ0v) is 12.2. The molecule has 0 aliphatic heterocycles. The van der Waals surface area contributed by atoms with Crippen LogP contribution in [0.15, 0.2) is 50.9 Å². The van der Waals surface area contributed by atoms with Gasteiger partial charge in [0.05, 0.1) is 15.4 Å². The Kier molecular flexibility index (Phi) is 4.35. The van der Waals surface area contributed by atoms with E-state index >= 15 is 0 Å². The van der Waals surface area contributed by atoms with Gasteiger partial charge in [-0.25, -0.2) is 9.78 Å². The molecule has 1 aromatic heterocycles. The van der Waals surface area contributed by atoms with Crippen LogP contribution >= 0.6 is 27.7 Å². The average Bonchev–Trinajstić information content (AvgIpc) is 2.41. The lowest BCUT2D eigenvalue weighted by atomic mass is 10.2. The molecule has 0 fully saturated rings. The van der Waals surface area contributed by atoms with Gasteiger partial charge in [0, 0.05) is 16.7 Å². The predicted octanol–water partition coefficient (Wildman–Crippen LogP) is 3.60. The Morgan fingerprint density at radius 1 is 1.35 bits per heavy atom. The van der Waals surface area contributed by atoms with Gasteiger partial charge in [-0.3, -0.25) is 10.1 Å². The third-order valence-electron chi connectivity index (χ3n) is 2.32. The maximum Gasteiger partial charge on any atom is 0.335 e. The summed E-state index contributed by atoms with van der Waals surface area (Å²) in [5.41, 5.74) is -0.371. The van der Waals surface area contributed by atoms with Crippen molar-refractivity contribution in [1.82, 2.24) is 4.98 Å². The van der Waals surface area contributed by atoms with E-state index in [-0.39, 0.29) is 11.3 Å². The summed E-state index contributed by atoms with van der Waals surface area (Å²) in [4.78, 5) is 25.7. The lowest BCUT2D eigenvalue weighted by Crippen LogP contribution is -1.99. The van der Waals surface area contributed by atoms with E-state index in [0.29, 0.717) is 9.92 Å². The van der Waals surface area contributed by atoms with Crippen LogP contribution < -0.4 is 0 Å². The summed E-state index contributed by atoms with van der Waals surface area (Å²) in [5.74, 6) is -1.20. The first kappa shape index (κ1) is 14.5. The minimum atomic E-state index is -1.20. The maximum atomic E-state index is 11.0. The first-order valence-corrected chi connectivity index (χ1v) is 6.89. The fourth-order valence-corrected chi connectivity index (χ4v) is 2.49. The Bertz CT molecular complexity index is 676. The van der Waals surface area contributed by atoms with Gasteiger partial charge in [0.25, 0.3) is 5.69 Å². The molecule has 8 heteroatoms. The summed E-state index contributed by atoms with van der Waals surface area (Å²) in [6.07, 6.45) is 1.58. The highest BCUT2D eigenvalue weighted by atomic mass is 79.9. The Morgan fingerprint density at radius 2 is 2.10 bits per heavy atom. The molecule has 0 aliphatic rings. The zero-order chi connectivity index (χ0) is 14.7. The van der Waals surface area contributed by atoms with Crippen LogP contribution in [-0.4, -0.2) is 21.0 Å². The van der Waals surface area contributed by atoms with E-state index in [9.17, 15) is 14.9 Å². The van der Waals surface area contributed by atoms with Crippen molar-refractivity contribution in [2.75, 3.05) is 0 Å². The van der Waals surface area contributed by atoms with Crippen LogP contribution in [0.4, 0.5) is 5.69 Å². The van der Waals surface area contributed by atoms with E-state index < -0.39 is 10.9 Å². The normalized spacial score (nSPS) is 10.2. The summed E-state index contributed by atoms with van der Waals surface area (Å²) in [6, 6.07) is 7.27. The third kappa shape index (κ3) is 3.34. The standard InChI is InChI=1S/C12H7BrN2O4S/c13-8-2-4-11(14-6-8)20-10-3-1-7(12(16)17)5-9(10)15(18)19/h1-6H,(H,16,17). The number of nitrogens with zero attached hydrogens (tertiary/aromatic N) is 2. The zero-order valence-electron chi connectivity index (χ0n) is 9.82. The van der Waals surface area contributed by atoms with Crippen molar-refractivity contribution in [3.05, 3.63) is 56.7 Å². The first-order chi connectivity index (χ1) is 9.47. The molecule has 6 nitrogen and oxygen atoms in total. The second-order valence-electron chi connectivity index (χ2n) is 3.66. The first-order valence-electron chi connectivity index (χ1n) is 5.28. The molecule has 0 radical (unpaired) electrons. The second kappa shape index (κ2) is 6.02. The van der Waals surface area contributed by atoms with Crippen LogP contribution in [0.5, 0.6) is 0 Å². The average molecular weight is 355 g/mol. The van der Waals surface area contributed by atoms with Gasteiger partial charge in [-0.15, -0.1) is 0 Å². The number of carboxylic acids is 1. The molecule has 2 rings (SSSR count). The van der Waals surface area contributed by atoms with Gasteiger partial charge >= 0.3 is 5.97 Å². The van der Waals surface area contributed by atoms with Crippen LogP contribution in [0.3, 0.4) is 0 Å². The fourth-order valence-electron chi connectivity index (χ4n) is 1.41. The number of pyridine rings is 1. The molecule has 0 atom stereocenters. The molecule has 20 heavy (non-hydrogen) atoms. The Morgan fingerprint density at radius 3 is 2.65 bits per heavy atom. The Balaban J connectivity index is 2.38. The smallest absolute Gasteiger partial charge is 0.335 e. The van der Waals surface area contributed by atoms with Gasteiger partial charge in [0.2, 0.25) is 0 Å². The van der Waals surface area contributed by atoms with Crippen molar-refractivity contribution < 1.29 is 14.8 Å². The fraction of sp³-hybridized carbons (Fsp3) is 0. The summed E-state index contributed by atoms with van der Waals surface area (Å²) in [6.45, 7) is 0. The van der Waals surface area contributed by atoms with Gasteiger partial charge in [-0.05, 0) is 40.2 Å². The molecule has 0 spiro atoms. The Labute approximate surface area is 126 Å². The molecule has 0 saturated carbocycles. The van der Waals surface area contributed by atoms with Crippen LogP contribution in [0.2, 0.25) is 0 Å². The highest BCUT2D eigenvalue weighted by molar-refractivity contribution is 9.10. The minimum absolute atomic E-state index is 0.121. The van der Waals surface area contributed by atoms with E-state index in [2.05, 4.69) is 20.9 Å². The van der Waals surface area contributed by atoms with Gasteiger partial charge in [0.1, 0.15) is 5.03 Å². The quantitative estimate of drug-likeness (QED) is 0.665. The largest absolute Gasteiger partial charge is 0.478 e. The minimum Gasteiger partial charge on any atom is -0.478 e. The number of nitro groups is 1. The molecule has 0 bridgehead atoms. The van der Waals surface area contributed by atoms with E-state index in [4.69, 9.17) is 5.11 Å². The highest BCUT2D eigenvalue weighted by Gasteiger charge is 2.18. The lowest BCUT2D eigenvalue weighted by Gasteiger charge is -2.03. The number of rotatable bonds is 4. The number of aromatic nitrogens is 1. The van der Waals surface area contributed by atoms with Crippen molar-refractivity contribution in [2.24, 2.45) is 0 Å². The molecular weight excluding hydrogens is 348 g/mol. The SMILES string of the molecule is O=C(O)c1ccc(Sc2ccc(Br)cn2)c([N+](=O)[O-])c1.